The molecule has 0 N–H and O–H groups in total. The highest BCUT2D eigenvalue weighted by Crippen LogP contribution is 2.34. The number of hydrogen-bond donors (Lipinski definition) is 0. The second-order valence-electron chi connectivity index (χ2n) is 6.95. The van der Waals surface area contributed by atoms with Gasteiger partial charge in [-0.25, -0.2) is 8.42 Å². The molecule has 7 nitrogen and oxygen atoms in total. The van der Waals surface area contributed by atoms with Gasteiger partial charge in [0.1, 0.15) is 0 Å². The van der Waals surface area contributed by atoms with Crippen molar-refractivity contribution in [3.05, 3.63) is 45.8 Å². The van der Waals surface area contributed by atoms with Crippen LogP contribution in [0.5, 0.6) is 0 Å². The first-order valence-corrected chi connectivity index (χ1v) is 11.2. The van der Waals surface area contributed by atoms with Gasteiger partial charge in [-0.3, -0.25) is 9.48 Å². The van der Waals surface area contributed by atoms with Gasteiger partial charge in [-0.2, -0.15) is 9.40 Å². The molecule has 1 fully saturated rings. The van der Waals surface area contributed by atoms with E-state index in [-0.39, 0.29) is 15.8 Å². The molecule has 0 saturated carbocycles. The summed E-state index contributed by atoms with van der Waals surface area (Å²) in [5.74, 6) is 0. The lowest BCUT2D eigenvalue weighted by Crippen LogP contribution is -2.35. The van der Waals surface area contributed by atoms with E-state index < -0.39 is 10.0 Å². The quantitative estimate of drug-likeness (QED) is 0.670. The van der Waals surface area contributed by atoms with Gasteiger partial charge in [-0.05, 0) is 37.1 Å². The van der Waals surface area contributed by atoms with Crippen molar-refractivity contribution >= 4 is 31.6 Å². The number of hydrogen-bond acceptors (Lipinski definition) is 5. The maximum atomic E-state index is 13.5. The van der Waals surface area contributed by atoms with Gasteiger partial charge in [0, 0.05) is 26.8 Å². The summed E-state index contributed by atoms with van der Waals surface area (Å²) in [6.45, 7) is 0.479. The Kier molecular flexibility index (Phi) is 4.69. The van der Waals surface area contributed by atoms with Gasteiger partial charge >= 0.3 is 4.87 Å². The molecule has 27 heavy (non-hydrogen) atoms. The van der Waals surface area contributed by atoms with Crippen LogP contribution in [-0.4, -0.2) is 33.6 Å². The molecule has 0 bridgehead atoms. The Morgan fingerprint density at radius 1 is 1.15 bits per heavy atom. The first-order valence-electron chi connectivity index (χ1n) is 8.99. The molecule has 144 valence electrons. The first kappa shape index (κ1) is 18.4. The smallest absolute Gasteiger partial charge is 0.302 e. The van der Waals surface area contributed by atoms with Crippen molar-refractivity contribution in [3.63, 3.8) is 0 Å². The lowest BCUT2D eigenvalue weighted by atomic mass is 10.1. The summed E-state index contributed by atoms with van der Waals surface area (Å²) in [7, 11) is -0.156. The Balaban J connectivity index is 1.79. The van der Waals surface area contributed by atoms with E-state index in [2.05, 4.69) is 5.10 Å². The van der Waals surface area contributed by atoms with Crippen LogP contribution in [0.3, 0.4) is 0 Å². The van der Waals surface area contributed by atoms with Crippen molar-refractivity contribution < 1.29 is 8.42 Å². The Hall–Kier alpha value is -1.97. The second kappa shape index (κ2) is 6.88. The standard InChI is InChI=1S/C18H22N4O3S2/c1-20-11-9-14(19-20)15-6-4-3-5-10-22(15)27(24,25)13-7-8-16-17(12-13)26-18(23)21(16)2/h7-9,11-12,15H,3-6,10H2,1-2H3/t15-/m0/s1. The molecule has 3 heterocycles. The summed E-state index contributed by atoms with van der Waals surface area (Å²) in [6, 6.07) is 6.57. The molecular formula is C18H22N4O3S2. The van der Waals surface area contributed by atoms with Gasteiger partial charge in [-0.1, -0.05) is 24.2 Å². The topological polar surface area (TPSA) is 77.2 Å². The summed E-state index contributed by atoms with van der Waals surface area (Å²) in [6.07, 6.45) is 5.43. The summed E-state index contributed by atoms with van der Waals surface area (Å²) in [5.41, 5.74) is 1.54. The highest BCUT2D eigenvalue weighted by Gasteiger charge is 2.34. The number of sulfonamides is 1. The van der Waals surface area contributed by atoms with Crippen LogP contribution in [0.4, 0.5) is 0 Å². The van der Waals surface area contributed by atoms with Gasteiger partial charge in [0.25, 0.3) is 0 Å². The fourth-order valence-corrected chi connectivity index (χ4v) is 6.37. The predicted molar refractivity (Wildman–Crippen MR) is 105 cm³/mol. The van der Waals surface area contributed by atoms with Crippen molar-refractivity contribution in [2.45, 2.75) is 36.6 Å². The van der Waals surface area contributed by atoms with Crippen molar-refractivity contribution in [2.24, 2.45) is 14.1 Å². The molecule has 0 radical (unpaired) electrons. The van der Waals surface area contributed by atoms with E-state index in [0.717, 1.165) is 48.2 Å². The fourth-order valence-electron chi connectivity index (χ4n) is 3.69. The van der Waals surface area contributed by atoms with Crippen LogP contribution in [0.2, 0.25) is 0 Å². The Morgan fingerprint density at radius 2 is 1.96 bits per heavy atom. The van der Waals surface area contributed by atoms with Crippen molar-refractivity contribution in [2.75, 3.05) is 6.54 Å². The van der Waals surface area contributed by atoms with Gasteiger partial charge in [0.05, 0.1) is 26.8 Å². The van der Waals surface area contributed by atoms with Crippen LogP contribution in [0, 0.1) is 0 Å². The average molecular weight is 407 g/mol. The largest absolute Gasteiger partial charge is 0.307 e. The molecule has 1 saturated heterocycles. The highest BCUT2D eigenvalue weighted by atomic mass is 32.2. The van der Waals surface area contributed by atoms with E-state index in [4.69, 9.17) is 0 Å². The minimum Gasteiger partial charge on any atom is -0.302 e. The van der Waals surface area contributed by atoms with Gasteiger partial charge in [-0.15, -0.1) is 0 Å². The van der Waals surface area contributed by atoms with Crippen molar-refractivity contribution in [1.29, 1.82) is 0 Å². The molecule has 1 aliphatic rings. The predicted octanol–water partition coefficient (Wildman–Crippen LogP) is 2.64. The minimum atomic E-state index is -3.69. The number of aromatic nitrogens is 3. The van der Waals surface area contributed by atoms with E-state index in [1.54, 1.807) is 38.8 Å². The molecule has 4 rings (SSSR count). The Morgan fingerprint density at radius 3 is 2.70 bits per heavy atom. The second-order valence-corrected chi connectivity index (χ2v) is 9.84. The molecule has 3 aromatic rings. The van der Waals surface area contributed by atoms with Gasteiger partial charge in [0.2, 0.25) is 10.0 Å². The number of nitrogens with zero attached hydrogens (tertiary/aromatic N) is 4. The third kappa shape index (κ3) is 3.24. The van der Waals surface area contributed by atoms with Crippen LogP contribution in [0.25, 0.3) is 10.2 Å². The zero-order valence-electron chi connectivity index (χ0n) is 15.3. The molecular weight excluding hydrogens is 384 g/mol. The number of benzene rings is 1. The average Bonchev–Trinajstić information content (AvgIpc) is 3.07. The number of thiazole rings is 1. The minimum absolute atomic E-state index is 0.0966. The summed E-state index contributed by atoms with van der Waals surface area (Å²) >= 11 is 1.07. The molecule has 0 unspecified atom stereocenters. The maximum Gasteiger partial charge on any atom is 0.307 e. The molecule has 1 atom stereocenters. The molecule has 0 spiro atoms. The van der Waals surface area contributed by atoms with E-state index in [0.29, 0.717) is 11.2 Å². The number of rotatable bonds is 3. The zero-order chi connectivity index (χ0) is 19.2. The third-order valence-electron chi connectivity index (χ3n) is 5.15. The highest BCUT2D eigenvalue weighted by molar-refractivity contribution is 7.89. The Labute approximate surface area is 161 Å². The van der Waals surface area contributed by atoms with Crippen LogP contribution in [0.1, 0.15) is 37.4 Å². The summed E-state index contributed by atoms with van der Waals surface area (Å²) in [5, 5.41) is 4.47. The monoisotopic (exact) mass is 406 g/mol. The van der Waals surface area contributed by atoms with Crippen molar-refractivity contribution in [3.8, 4) is 0 Å². The molecule has 0 amide bonds. The maximum absolute atomic E-state index is 13.5. The zero-order valence-corrected chi connectivity index (χ0v) is 17.0. The van der Waals surface area contributed by atoms with Gasteiger partial charge in [0.15, 0.2) is 0 Å². The van der Waals surface area contributed by atoms with Crippen molar-refractivity contribution in [1.82, 2.24) is 18.7 Å². The van der Waals surface area contributed by atoms with Gasteiger partial charge < -0.3 is 4.57 Å². The van der Waals surface area contributed by atoms with E-state index in [9.17, 15) is 13.2 Å². The normalized spacial score (nSPS) is 19.4. The lowest BCUT2D eigenvalue weighted by Gasteiger charge is -2.28. The van der Waals surface area contributed by atoms with E-state index in [1.807, 2.05) is 19.3 Å². The Bertz CT molecular complexity index is 1140. The number of fused-ring (bicyclic) bond motifs is 1. The van der Waals surface area contributed by atoms with Crippen LogP contribution in [-0.2, 0) is 24.1 Å². The molecule has 9 heteroatoms. The third-order valence-corrected chi connectivity index (χ3v) is 8.05. The van der Waals surface area contributed by atoms with E-state index in [1.165, 1.54) is 0 Å². The SMILES string of the molecule is Cn1ccc([C@@H]2CCCCCN2S(=O)(=O)c2ccc3c(c2)sc(=O)n3C)n1. The number of aryl methyl sites for hydroxylation is 2. The molecule has 0 aliphatic carbocycles. The lowest BCUT2D eigenvalue weighted by molar-refractivity contribution is 0.321. The van der Waals surface area contributed by atoms with Crippen LogP contribution in [0.15, 0.2) is 40.2 Å². The van der Waals surface area contributed by atoms with E-state index >= 15 is 0 Å². The molecule has 1 aliphatic heterocycles. The molecule has 1 aromatic carbocycles. The van der Waals surface area contributed by atoms with Crippen LogP contribution < -0.4 is 4.87 Å². The molecule has 2 aromatic heterocycles. The van der Waals surface area contributed by atoms with Crippen LogP contribution >= 0.6 is 11.3 Å². The first-order chi connectivity index (χ1) is 12.9. The summed E-state index contributed by atoms with van der Waals surface area (Å²) in [4.78, 5) is 12.0. The fraction of sp³-hybridized carbons (Fsp3) is 0.444. The summed E-state index contributed by atoms with van der Waals surface area (Å²) < 4.78 is 32.5.